The maximum atomic E-state index is 4.55. The second kappa shape index (κ2) is 7.77. The standard InChI is InChI=1S/C19H26N8.ClH/c1-13-9-14(2)27-16(10-21-19(27)22-13)12-25-6-3-15(4-7-25)18-24-23-17-11-20-5-8-26(17)18;/h9-10,15,20H,3-8,11-12H2,1-2H3;1H. The van der Waals surface area contributed by atoms with Crippen molar-refractivity contribution in [2.75, 3.05) is 19.6 Å². The maximum absolute atomic E-state index is 4.55. The first-order valence-corrected chi connectivity index (χ1v) is 9.84. The third kappa shape index (κ3) is 3.40. The van der Waals surface area contributed by atoms with Gasteiger partial charge in [0.05, 0.1) is 18.4 Å². The van der Waals surface area contributed by atoms with Crippen molar-refractivity contribution in [3.63, 3.8) is 0 Å². The zero-order valence-electron chi connectivity index (χ0n) is 16.4. The Morgan fingerprint density at radius 2 is 1.96 bits per heavy atom. The summed E-state index contributed by atoms with van der Waals surface area (Å²) in [5.41, 5.74) is 3.44. The molecule has 0 aromatic carbocycles. The van der Waals surface area contributed by atoms with E-state index in [1.54, 1.807) is 0 Å². The van der Waals surface area contributed by atoms with Crippen molar-refractivity contribution in [1.82, 2.24) is 39.3 Å². The molecule has 5 heterocycles. The lowest BCUT2D eigenvalue weighted by Gasteiger charge is -2.32. The van der Waals surface area contributed by atoms with E-state index in [0.717, 1.165) is 69.4 Å². The van der Waals surface area contributed by atoms with Crippen molar-refractivity contribution >= 4 is 18.2 Å². The van der Waals surface area contributed by atoms with E-state index in [0.29, 0.717) is 5.92 Å². The Balaban J connectivity index is 0.00000192. The van der Waals surface area contributed by atoms with E-state index in [9.17, 15) is 0 Å². The lowest BCUT2D eigenvalue weighted by atomic mass is 9.95. The zero-order valence-corrected chi connectivity index (χ0v) is 17.2. The first-order chi connectivity index (χ1) is 13.2. The molecule has 3 aromatic rings. The molecule has 8 nitrogen and oxygen atoms in total. The van der Waals surface area contributed by atoms with Crippen LogP contribution in [0.2, 0.25) is 0 Å². The molecular formula is C19H27ClN8. The van der Waals surface area contributed by atoms with Gasteiger partial charge in [0.15, 0.2) is 0 Å². The number of imidazole rings is 1. The minimum absolute atomic E-state index is 0. The number of aromatic nitrogens is 6. The summed E-state index contributed by atoms with van der Waals surface area (Å²) < 4.78 is 4.51. The third-order valence-electron chi connectivity index (χ3n) is 5.85. The molecule has 0 bridgehead atoms. The van der Waals surface area contributed by atoms with Gasteiger partial charge in [-0.15, -0.1) is 22.6 Å². The second-order valence-corrected chi connectivity index (χ2v) is 7.78. The van der Waals surface area contributed by atoms with Crippen molar-refractivity contribution in [1.29, 1.82) is 0 Å². The van der Waals surface area contributed by atoms with Gasteiger partial charge in [-0.3, -0.25) is 9.30 Å². The van der Waals surface area contributed by atoms with Crippen LogP contribution in [0.3, 0.4) is 0 Å². The van der Waals surface area contributed by atoms with E-state index in [2.05, 4.69) is 52.3 Å². The molecule has 0 aliphatic carbocycles. The van der Waals surface area contributed by atoms with Crippen LogP contribution in [0.4, 0.5) is 0 Å². The van der Waals surface area contributed by atoms with Crippen LogP contribution in [0.5, 0.6) is 0 Å². The summed E-state index contributed by atoms with van der Waals surface area (Å²) in [6.45, 7) is 10.1. The summed E-state index contributed by atoms with van der Waals surface area (Å²) in [5.74, 6) is 3.61. The number of hydrogen-bond donors (Lipinski definition) is 1. The van der Waals surface area contributed by atoms with Crippen LogP contribution in [0.15, 0.2) is 12.3 Å². The molecule has 150 valence electrons. The fraction of sp³-hybridized carbons (Fsp3) is 0.579. The predicted octanol–water partition coefficient (Wildman–Crippen LogP) is 1.84. The Morgan fingerprint density at radius 1 is 1.14 bits per heavy atom. The highest BCUT2D eigenvalue weighted by molar-refractivity contribution is 5.85. The zero-order chi connectivity index (χ0) is 18.4. The van der Waals surface area contributed by atoms with E-state index in [4.69, 9.17) is 0 Å². The lowest BCUT2D eigenvalue weighted by molar-refractivity contribution is 0.197. The number of likely N-dealkylation sites (tertiary alicyclic amines) is 1. The first-order valence-electron chi connectivity index (χ1n) is 9.84. The molecule has 3 aromatic heterocycles. The predicted molar refractivity (Wildman–Crippen MR) is 109 cm³/mol. The van der Waals surface area contributed by atoms with E-state index in [-0.39, 0.29) is 12.4 Å². The summed E-state index contributed by atoms with van der Waals surface area (Å²) in [6, 6.07) is 2.12. The largest absolute Gasteiger partial charge is 0.312 e. The highest BCUT2D eigenvalue weighted by atomic mass is 35.5. The SMILES string of the molecule is Cc1cc(C)n2c(CN3CCC(c4nnc5n4CCNC5)CC3)cnc2n1.Cl. The monoisotopic (exact) mass is 402 g/mol. The molecule has 0 atom stereocenters. The number of nitrogens with zero attached hydrogens (tertiary/aromatic N) is 7. The van der Waals surface area contributed by atoms with Gasteiger partial charge in [0.1, 0.15) is 11.6 Å². The first kappa shape index (κ1) is 19.3. The number of fused-ring (bicyclic) bond motifs is 2. The Morgan fingerprint density at radius 3 is 2.79 bits per heavy atom. The topological polar surface area (TPSA) is 76.2 Å². The molecule has 5 rings (SSSR count). The van der Waals surface area contributed by atoms with Crippen LogP contribution < -0.4 is 5.32 Å². The van der Waals surface area contributed by atoms with Gasteiger partial charge in [-0.1, -0.05) is 0 Å². The molecule has 0 amide bonds. The molecule has 0 unspecified atom stereocenters. The van der Waals surface area contributed by atoms with Gasteiger partial charge in [0.25, 0.3) is 0 Å². The van der Waals surface area contributed by atoms with Gasteiger partial charge in [-0.2, -0.15) is 0 Å². The number of piperidine rings is 1. The third-order valence-corrected chi connectivity index (χ3v) is 5.85. The molecule has 9 heteroatoms. The van der Waals surface area contributed by atoms with Crippen LogP contribution in [-0.2, 0) is 19.6 Å². The fourth-order valence-corrected chi connectivity index (χ4v) is 4.50. The number of rotatable bonds is 3. The quantitative estimate of drug-likeness (QED) is 0.720. The molecule has 2 aliphatic rings. The molecule has 1 fully saturated rings. The smallest absolute Gasteiger partial charge is 0.234 e. The van der Waals surface area contributed by atoms with Crippen molar-refractivity contribution in [2.45, 2.75) is 52.2 Å². The summed E-state index contributed by atoms with van der Waals surface area (Å²) in [7, 11) is 0. The average molecular weight is 403 g/mol. The molecule has 0 spiro atoms. The molecule has 2 aliphatic heterocycles. The molecule has 0 saturated carbocycles. The van der Waals surface area contributed by atoms with Crippen molar-refractivity contribution < 1.29 is 0 Å². The fourth-order valence-electron chi connectivity index (χ4n) is 4.50. The van der Waals surface area contributed by atoms with E-state index < -0.39 is 0 Å². The van der Waals surface area contributed by atoms with Gasteiger partial charge in [-0.05, 0) is 45.8 Å². The van der Waals surface area contributed by atoms with Gasteiger partial charge >= 0.3 is 0 Å². The van der Waals surface area contributed by atoms with E-state index in [1.807, 2.05) is 13.1 Å². The highest BCUT2D eigenvalue weighted by Gasteiger charge is 2.27. The van der Waals surface area contributed by atoms with E-state index >= 15 is 0 Å². The minimum atomic E-state index is 0. The highest BCUT2D eigenvalue weighted by Crippen LogP contribution is 2.28. The number of hydrogen-bond acceptors (Lipinski definition) is 6. The van der Waals surface area contributed by atoms with Gasteiger partial charge in [-0.25, -0.2) is 9.97 Å². The average Bonchev–Trinajstić information content (AvgIpc) is 3.27. The van der Waals surface area contributed by atoms with Gasteiger partial charge < -0.3 is 9.88 Å². The van der Waals surface area contributed by atoms with E-state index in [1.165, 1.54) is 17.2 Å². The molecule has 28 heavy (non-hydrogen) atoms. The Kier molecular flexibility index (Phi) is 5.35. The Labute approximate surface area is 170 Å². The molecule has 0 radical (unpaired) electrons. The molecule has 1 N–H and O–H groups in total. The van der Waals surface area contributed by atoms with Gasteiger partial charge in [0.2, 0.25) is 5.78 Å². The molecular weight excluding hydrogens is 376 g/mol. The van der Waals surface area contributed by atoms with Crippen LogP contribution in [-0.4, -0.2) is 53.7 Å². The van der Waals surface area contributed by atoms with Crippen molar-refractivity contribution in [3.05, 3.63) is 41.0 Å². The number of halogens is 1. The summed E-state index contributed by atoms with van der Waals surface area (Å²) in [4.78, 5) is 11.6. The normalized spacial score (nSPS) is 18.2. The maximum Gasteiger partial charge on any atom is 0.234 e. The Hall–Kier alpha value is -2.03. The van der Waals surface area contributed by atoms with Crippen LogP contribution >= 0.6 is 12.4 Å². The van der Waals surface area contributed by atoms with Gasteiger partial charge in [0, 0.05) is 36.9 Å². The van der Waals surface area contributed by atoms with Crippen LogP contribution in [0.25, 0.3) is 5.78 Å². The Bertz CT molecular complexity index is 970. The number of nitrogens with one attached hydrogen (secondary N) is 1. The summed E-state index contributed by atoms with van der Waals surface area (Å²) >= 11 is 0. The number of aryl methyl sites for hydroxylation is 2. The summed E-state index contributed by atoms with van der Waals surface area (Å²) in [6.07, 6.45) is 4.25. The molecule has 1 saturated heterocycles. The second-order valence-electron chi connectivity index (χ2n) is 7.78. The van der Waals surface area contributed by atoms with Crippen LogP contribution in [0, 0.1) is 13.8 Å². The summed E-state index contributed by atoms with van der Waals surface area (Å²) in [5, 5.41) is 12.3. The van der Waals surface area contributed by atoms with Crippen molar-refractivity contribution in [2.24, 2.45) is 0 Å². The lowest BCUT2D eigenvalue weighted by Crippen LogP contribution is -2.35. The van der Waals surface area contributed by atoms with Crippen LogP contribution in [0.1, 0.15) is 47.5 Å². The van der Waals surface area contributed by atoms with Crippen molar-refractivity contribution in [3.8, 4) is 0 Å². The minimum Gasteiger partial charge on any atom is -0.312 e.